The molecule has 4 unspecified atom stereocenters. The topological polar surface area (TPSA) is 92.5 Å². The van der Waals surface area contributed by atoms with Crippen LogP contribution < -0.4 is 0 Å². The summed E-state index contributed by atoms with van der Waals surface area (Å²) in [6, 6.07) is 8.48. The van der Waals surface area contributed by atoms with Gasteiger partial charge < -0.3 is 14.6 Å². The Labute approximate surface area is 182 Å². The Hall–Kier alpha value is -2.19. The fraction of sp³-hybridized carbons (Fsp3) is 0.565. The second kappa shape index (κ2) is 6.65. The summed E-state index contributed by atoms with van der Waals surface area (Å²) >= 11 is 0. The monoisotopic (exact) mass is 441 g/mol. The number of likely N-dealkylation sites (tertiary alicyclic amines) is 1. The van der Waals surface area contributed by atoms with Crippen LogP contribution in [0.25, 0.3) is 11.3 Å². The quantitative estimate of drug-likeness (QED) is 0.768. The fourth-order valence-electron chi connectivity index (χ4n) is 6.51. The van der Waals surface area contributed by atoms with Crippen LogP contribution in [-0.4, -0.2) is 64.6 Å². The molecule has 1 aromatic carbocycles. The number of hydrogen-bond acceptors (Lipinski definition) is 5. The summed E-state index contributed by atoms with van der Waals surface area (Å²) in [6.07, 6.45) is 6.29. The molecule has 164 valence electrons. The number of aliphatic hydroxyl groups is 1. The van der Waals surface area contributed by atoms with E-state index >= 15 is 0 Å². The molecule has 1 N–H and O–H groups in total. The number of aromatic nitrogens is 2. The summed E-state index contributed by atoms with van der Waals surface area (Å²) in [5.74, 6) is -0.145. The molecule has 2 aromatic rings. The van der Waals surface area contributed by atoms with E-state index in [1.165, 1.54) is 11.1 Å². The fourth-order valence-corrected chi connectivity index (χ4v) is 8.24. The highest BCUT2D eigenvalue weighted by Crippen LogP contribution is 2.59. The molecule has 1 aromatic heterocycles. The first kappa shape index (κ1) is 19.5. The van der Waals surface area contributed by atoms with E-state index in [0.29, 0.717) is 19.5 Å². The van der Waals surface area contributed by atoms with E-state index in [4.69, 9.17) is 0 Å². The molecule has 4 aliphatic rings. The molecule has 8 heteroatoms. The van der Waals surface area contributed by atoms with Crippen molar-refractivity contribution in [3.63, 3.8) is 0 Å². The second-order valence-electron chi connectivity index (χ2n) is 9.82. The van der Waals surface area contributed by atoms with E-state index in [1.807, 2.05) is 23.5 Å². The molecule has 0 radical (unpaired) electrons. The predicted octanol–water partition coefficient (Wildman–Crippen LogP) is 1.88. The molecular weight excluding hydrogens is 414 g/mol. The molecule has 2 saturated heterocycles. The van der Waals surface area contributed by atoms with E-state index in [2.05, 4.69) is 27.8 Å². The number of sulfone groups is 1. The van der Waals surface area contributed by atoms with E-state index in [0.717, 1.165) is 25.0 Å². The molecule has 1 aliphatic carbocycles. The molecule has 31 heavy (non-hydrogen) atoms. The average Bonchev–Trinajstić information content (AvgIpc) is 3.46. The van der Waals surface area contributed by atoms with Gasteiger partial charge in [0.15, 0.2) is 9.84 Å². The number of benzene rings is 1. The van der Waals surface area contributed by atoms with E-state index in [-0.39, 0.29) is 40.7 Å². The maximum absolute atomic E-state index is 12.8. The van der Waals surface area contributed by atoms with Crippen LogP contribution in [0.1, 0.15) is 37.3 Å². The first-order valence-electron chi connectivity index (χ1n) is 11.2. The SMILES string of the molecule is O=C(C1CCS(=O)(=O)C1)N1CCC2(CC1)CC(C1c3ccccc3-c3cncn31)C2O. The first-order chi connectivity index (χ1) is 14.9. The van der Waals surface area contributed by atoms with Crippen LogP contribution in [0.4, 0.5) is 0 Å². The van der Waals surface area contributed by atoms with Crippen LogP contribution in [0, 0.1) is 17.3 Å². The summed E-state index contributed by atoms with van der Waals surface area (Å²) in [5, 5.41) is 11.3. The largest absolute Gasteiger partial charge is 0.392 e. The predicted molar refractivity (Wildman–Crippen MR) is 115 cm³/mol. The lowest BCUT2D eigenvalue weighted by atomic mass is 9.53. The second-order valence-corrected chi connectivity index (χ2v) is 12.0. The minimum atomic E-state index is -3.06. The van der Waals surface area contributed by atoms with Gasteiger partial charge in [0.25, 0.3) is 0 Å². The highest BCUT2D eigenvalue weighted by atomic mass is 32.2. The summed E-state index contributed by atoms with van der Waals surface area (Å²) in [7, 11) is -3.06. The first-order valence-corrected chi connectivity index (χ1v) is 13.0. The van der Waals surface area contributed by atoms with Gasteiger partial charge >= 0.3 is 0 Å². The maximum atomic E-state index is 12.8. The standard InChI is InChI=1S/C23H27N3O4S/c27-21-18(20-17-4-2-1-3-16(17)19-12-24-14-26(19)20)11-23(21)6-8-25(9-7-23)22(28)15-5-10-31(29,30)13-15/h1-4,12,14-15,18,20-21,27H,5-11,13H2. The lowest BCUT2D eigenvalue weighted by Gasteiger charge is -2.58. The highest BCUT2D eigenvalue weighted by Gasteiger charge is 2.58. The lowest BCUT2D eigenvalue weighted by Crippen LogP contribution is -2.60. The number of nitrogens with zero attached hydrogens (tertiary/aromatic N) is 3. The number of hydrogen-bond donors (Lipinski definition) is 1. The zero-order valence-corrected chi connectivity index (χ0v) is 18.2. The zero-order chi connectivity index (χ0) is 21.4. The number of piperidine rings is 1. The number of carbonyl (C=O) groups is 1. The normalized spacial score (nSPS) is 32.5. The number of aliphatic hydroxyl groups excluding tert-OH is 1. The van der Waals surface area contributed by atoms with Gasteiger partial charge in [-0.3, -0.25) is 4.79 Å². The Balaban J connectivity index is 1.15. The van der Waals surface area contributed by atoms with Gasteiger partial charge in [0.1, 0.15) is 0 Å². The summed E-state index contributed by atoms with van der Waals surface area (Å²) < 4.78 is 25.7. The summed E-state index contributed by atoms with van der Waals surface area (Å²) in [4.78, 5) is 19.0. The van der Waals surface area contributed by atoms with Gasteiger partial charge in [-0.05, 0) is 31.2 Å². The van der Waals surface area contributed by atoms with Crippen molar-refractivity contribution >= 4 is 15.7 Å². The van der Waals surface area contributed by atoms with Gasteiger partial charge in [-0.15, -0.1) is 0 Å². The van der Waals surface area contributed by atoms with Crippen molar-refractivity contribution in [3.05, 3.63) is 42.4 Å². The molecule has 1 spiro atoms. The molecule has 4 heterocycles. The maximum Gasteiger partial charge on any atom is 0.226 e. The van der Waals surface area contributed by atoms with Gasteiger partial charge in [0.2, 0.25) is 5.91 Å². The Bertz CT molecular complexity index is 1150. The molecule has 7 nitrogen and oxygen atoms in total. The lowest BCUT2D eigenvalue weighted by molar-refractivity contribution is -0.165. The molecule has 3 fully saturated rings. The minimum absolute atomic E-state index is 0.00744. The van der Waals surface area contributed by atoms with Gasteiger partial charge in [0.05, 0.1) is 47.8 Å². The number of imidazole rings is 1. The molecular formula is C23H27N3O4S. The van der Waals surface area contributed by atoms with E-state index in [1.54, 1.807) is 0 Å². The van der Waals surface area contributed by atoms with Gasteiger partial charge in [-0.25, -0.2) is 13.4 Å². The number of carbonyl (C=O) groups excluding carboxylic acids is 1. The Morgan fingerprint density at radius 3 is 2.68 bits per heavy atom. The van der Waals surface area contributed by atoms with Crippen LogP contribution in [0.2, 0.25) is 0 Å². The number of rotatable bonds is 2. The zero-order valence-electron chi connectivity index (χ0n) is 17.4. The molecule has 1 amide bonds. The average molecular weight is 442 g/mol. The summed E-state index contributed by atoms with van der Waals surface area (Å²) in [6.45, 7) is 1.22. The Morgan fingerprint density at radius 1 is 1.19 bits per heavy atom. The smallest absolute Gasteiger partial charge is 0.226 e. The van der Waals surface area contributed by atoms with E-state index < -0.39 is 15.9 Å². The van der Waals surface area contributed by atoms with E-state index in [9.17, 15) is 18.3 Å². The molecule has 1 saturated carbocycles. The van der Waals surface area contributed by atoms with Gasteiger partial charge in [-0.2, -0.15) is 0 Å². The minimum Gasteiger partial charge on any atom is -0.392 e. The third kappa shape index (κ3) is 2.84. The van der Waals surface area contributed by atoms with Crippen molar-refractivity contribution in [1.29, 1.82) is 0 Å². The van der Waals surface area contributed by atoms with Crippen LogP contribution >= 0.6 is 0 Å². The number of fused-ring (bicyclic) bond motifs is 3. The third-order valence-electron chi connectivity index (χ3n) is 8.25. The molecule has 4 atom stereocenters. The van der Waals surface area contributed by atoms with Crippen LogP contribution in [0.5, 0.6) is 0 Å². The van der Waals surface area contributed by atoms with Crippen molar-refractivity contribution < 1.29 is 18.3 Å². The van der Waals surface area contributed by atoms with Crippen LogP contribution in [0.15, 0.2) is 36.8 Å². The highest BCUT2D eigenvalue weighted by molar-refractivity contribution is 7.91. The molecule has 0 bridgehead atoms. The molecule has 3 aliphatic heterocycles. The van der Waals surface area contributed by atoms with Gasteiger partial charge in [0, 0.05) is 30.0 Å². The van der Waals surface area contributed by atoms with Crippen molar-refractivity contribution in [3.8, 4) is 11.3 Å². The van der Waals surface area contributed by atoms with Crippen LogP contribution in [0.3, 0.4) is 0 Å². The number of amides is 1. The van der Waals surface area contributed by atoms with Crippen molar-refractivity contribution in [2.24, 2.45) is 17.3 Å². The summed E-state index contributed by atoms with van der Waals surface area (Å²) in [5.41, 5.74) is 3.43. The van der Waals surface area contributed by atoms with Crippen molar-refractivity contribution in [2.45, 2.75) is 37.8 Å². The van der Waals surface area contributed by atoms with Crippen LogP contribution in [-0.2, 0) is 14.6 Å². The Morgan fingerprint density at radius 2 is 1.97 bits per heavy atom. The Kier molecular flexibility index (Phi) is 4.18. The molecule has 6 rings (SSSR count). The third-order valence-corrected chi connectivity index (χ3v) is 10.0. The van der Waals surface area contributed by atoms with Crippen molar-refractivity contribution in [2.75, 3.05) is 24.6 Å². The van der Waals surface area contributed by atoms with Gasteiger partial charge in [-0.1, -0.05) is 24.3 Å². The van der Waals surface area contributed by atoms with Crippen molar-refractivity contribution in [1.82, 2.24) is 14.5 Å².